The Bertz CT molecular complexity index is 762. The van der Waals surface area contributed by atoms with E-state index in [0.29, 0.717) is 22.3 Å². The van der Waals surface area contributed by atoms with Crippen LogP contribution >= 0.6 is 0 Å². The van der Waals surface area contributed by atoms with Crippen LogP contribution in [-0.2, 0) is 13.1 Å². The fourth-order valence-electron chi connectivity index (χ4n) is 1.98. The van der Waals surface area contributed by atoms with Crippen LogP contribution in [0, 0.1) is 19.7 Å². The van der Waals surface area contributed by atoms with E-state index in [1.165, 1.54) is 0 Å². The van der Waals surface area contributed by atoms with Gasteiger partial charge >= 0.3 is 0 Å². The summed E-state index contributed by atoms with van der Waals surface area (Å²) in [4.78, 5) is 23.7. The molecular formula is C14H16FN3O2. The summed E-state index contributed by atoms with van der Waals surface area (Å²) < 4.78 is 15.2. The second-order valence-corrected chi connectivity index (χ2v) is 4.68. The maximum atomic E-state index is 14.1. The van der Waals surface area contributed by atoms with Crippen LogP contribution in [-0.4, -0.2) is 9.78 Å². The van der Waals surface area contributed by atoms with Crippen LogP contribution in [0.25, 0.3) is 0 Å². The predicted octanol–water partition coefficient (Wildman–Crippen LogP) is 0.800. The first-order valence-electron chi connectivity index (χ1n) is 6.22. The lowest BCUT2D eigenvalue weighted by molar-refractivity contribution is 0.555. The number of halogens is 1. The lowest BCUT2D eigenvalue weighted by Crippen LogP contribution is -2.33. The van der Waals surface area contributed by atoms with Crippen molar-refractivity contribution in [1.29, 1.82) is 0 Å². The number of nitrogens with zero attached hydrogens (tertiary/aromatic N) is 1. The number of H-pyrrole nitrogens is 1. The second-order valence-electron chi connectivity index (χ2n) is 4.68. The maximum Gasteiger partial charge on any atom is 0.268 e. The molecule has 1 aromatic carbocycles. The highest BCUT2D eigenvalue weighted by Crippen LogP contribution is 2.13. The molecule has 0 bridgehead atoms. The summed E-state index contributed by atoms with van der Waals surface area (Å²) in [6, 6.07) is 4.82. The van der Waals surface area contributed by atoms with Crippen molar-refractivity contribution >= 4 is 0 Å². The van der Waals surface area contributed by atoms with Crippen LogP contribution < -0.4 is 16.9 Å². The molecule has 0 radical (unpaired) electrons. The van der Waals surface area contributed by atoms with E-state index in [1.807, 2.05) is 0 Å². The molecule has 0 atom stereocenters. The van der Waals surface area contributed by atoms with E-state index < -0.39 is 5.82 Å². The minimum Gasteiger partial charge on any atom is -0.326 e. The van der Waals surface area contributed by atoms with Crippen LogP contribution in [0.4, 0.5) is 4.39 Å². The molecule has 0 aliphatic rings. The second kappa shape index (κ2) is 5.42. The standard InChI is InChI=1S/C14H16FN3O2/c1-8-9(2)14(20)18(17-13(8)19)7-11-5-3-4-10(6-16)12(11)15/h3-5H,6-7,16H2,1-2H3,(H,17,19). The minimum absolute atomic E-state index is 0.0329. The quantitative estimate of drug-likeness (QED) is 0.870. The first-order chi connectivity index (χ1) is 9.45. The average molecular weight is 277 g/mol. The summed E-state index contributed by atoms with van der Waals surface area (Å²) in [5.41, 5.74) is 6.19. The Morgan fingerprint density at radius 2 is 1.85 bits per heavy atom. The van der Waals surface area contributed by atoms with E-state index in [-0.39, 0.29) is 24.2 Å². The molecular weight excluding hydrogens is 261 g/mol. The molecule has 0 saturated carbocycles. The van der Waals surface area contributed by atoms with Gasteiger partial charge in [0.1, 0.15) is 5.82 Å². The third-order valence-electron chi connectivity index (χ3n) is 3.41. The SMILES string of the molecule is Cc1c(C)c(=O)n(Cc2cccc(CN)c2F)[nH]c1=O. The molecule has 0 aliphatic carbocycles. The van der Waals surface area contributed by atoms with Crippen molar-refractivity contribution in [3.63, 3.8) is 0 Å². The zero-order valence-electron chi connectivity index (χ0n) is 11.4. The molecule has 0 spiro atoms. The number of aromatic amines is 1. The number of nitrogens with one attached hydrogen (secondary N) is 1. The van der Waals surface area contributed by atoms with Gasteiger partial charge in [0.2, 0.25) is 0 Å². The van der Waals surface area contributed by atoms with Gasteiger partial charge in [0.05, 0.1) is 6.54 Å². The van der Waals surface area contributed by atoms with Gasteiger partial charge in [-0.25, -0.2) is 9.07 Å². The Kier molecular flexibility index (Phi) is 3.85. The number of nitrogens with two attached hydrogens (primary N) is 1. The third kappa shape index (κ3) is 2.42. The van der Waals surface area contributed by atoms with Gasteiger partial charge in [-0.15, -0.1) is 0 Å². The summed E-state index contributed by atoms with van der Waals surface area (Å²) in [5.74, 6) is -0.444. The Morgan fingerprint density at radius 1 is 1.20 bits per heavy atom. The van der Waals surface area contributed by atoms with Crippen molar-refractivity contribution in [1.82, 2.24) is 9.78 Å². The van der Waals surface area contributed by atoms with E-state index in [9.17, 15) is 14.0 Å². The van der Waals surface area contributed by atoms with Gasteiger partial charge in [-0.05, 0) is 13.8 Å². The van der Waals surface area contributed by atoms with Crippen molar-refractivity contribution < 1.29 is 4.39 Å². The summed E-state index contributed by atoms with van der Waals surface area (Å²) in [6.07, 6.45) is 0. The number of aromatic nitrogens is 2. The first kappa shape index (κ1) is 14.2. The van der Waals surface area contributed by atoms with E-state index in [0.717, 1.165) is 4.68 Å². The smallest absolute Gasteiger partial charge is 0.268 e. The number of hydrogen-bond donors (Lipinski definition) is 2. The summed E-state index contributed by atoms with van der Waals surface area (Å²) >= 11 is 0. The van der Waals surface area contributed by atoms with E-state index in [2.05, 4.69) is 5.10 Å². The van der Waals surface area contributed by atoms with Crippen molar-refractivity contribution in [3.8, 4) is 0 Å². The monoisotopic (exact) mass is 277 g/mol. The number of hydrogen-bond acceptors (Lipinski definition) is 3. The van der Waals surface area contributed by atoms with Crippen LogP contribution in [0.5, 0.6) is 0 Å². The molecule has 1 aromatic heterocycles. The third-order valence-corrected chi connectivity index (χ3v) is 3.41. The number of rotatable bonds is 3. The van der Waals surface area contributed by atoms with Crippen LogP contribution in [0.1, 0.15) is 22.3 Å². The van der Waals surface area contributed by atoms with E-state index >= 15 is 0 Å². The van der Waals surface area contributed by atoms with Gasteiger partial charge in [-0.3, -0.25) is 14.7 Å². The summed E-state index contributed by atoms with van der Waals surface area (Å²) in [5, 5.41) is 2.45. The Labute approximate surface area is 114 Å². The molecule has 3 N–H and O–H groups in total. The summed E-state index contributed by atoms with van der Waals surface area (Å²) in [6.45, 7) is 3.21. The fraction of sp³-hybridized carbons (Fsp3) is 0.286. The first-order valence-corrected chi connectivity index (χ1v) is 6.22. The van der Waals surface area contributed by atoms with Gasteiger partial charge in [0.15, 0.2) is 0 Å². The molecule has 20 heavy (non-hydrogen) atoms. The molecule has 0 fully saturated rings. The fourth-order valence-corrected chi connectivity index (χ4v) is 1.98. The van der Waals surface area contributed by atoms with Crippen molar-refractivity contribution in [2.45, 2.75) is 26.9 Å². The van der Waals surface area contributed by atoms with Crippen LogP contribution in [0.15, 0.2) is 27.8 Å². The average Bonchev–Trinajstić information content (AvgIpc) is 2.44. The van der Waals surface area contributed by atoms with Crippen LogP contribution in [0.3, 0.4) is 0 Å². The zero-order valence-corrected chi connectivity index (χ0v) is 11.4. The zero-order chi connectivity index (χ0) is 14.9. The highest BCUT2D eigenvalue weighted by atomic mass is 19.1. The maximum absolute atomic E-state index is 14.1. The molecule has 106 valence electrons. The van der Waals surface area contributed by atoms with Crippen molar-refractivity contribution in [2.24, 2.45) is 5.73 Å². The normalized spacial score (nSPS) is 10.8. The highest BCUT2D eigenvalue weighted by Gasteiger charge is 2.11. The summed E-state index contributed by atoms with van der Waals surface area (Å²) in [7, 11) is 0. The van der Waals surface area contributed by atoms with E-state index in [1.54, 1.807) is 32.0 Å². The molecule has 2 aromatic rings. The van der Waals surface area contributed by atoms with Gasteiger partial charge in [0, 0.05) is 28.8 Å². The molecule has 5 nitrogen and oxygen atoms in total. The molecule has 0 amide bonds. The topological polar surface area (TPSA) is 80.9 Å². The molecule has 0 unspecified atom stereocenters. The largest absolute Gasteiger partial charge is 0.326 e. The lowest BCUT2D eigenvalue weighted by atomic mass is 10.1. The Morgan fingerprint density at radius 3 is 2.50 bits per heavy atom. The van der Waals surface area contributed by atoms with Gasteiger partial charge < -0.3 is 5.73 Å². The molecule has 1 heterocycles. The van der Waals surface area contributed by atoms with E-state index in [4.69, 9.17) is 5.73 Å². The molecule has 6 heteroatoms. The minimum atomic E-state index is -0.444. The van der Waals surface area contributed by atoms with Gasteiger partial charge in [-0.2, -0.15) is 0 Å². The number of benzene rings is 1. The van der Waals surface area contributed by atoms with Crippen molar-refractivity contribution in [3.05, 3.63) is 67.0 Å². The molecule has 0 aliphatic heterocycles. The molecule has 0 saturated heterocycles. The van der Waals surface area contributed by atoms with Gasteiger partial charge in [-0.1, -0.05) is 18.2 Å². The van der Waals surface area contributed by atoms with Gasteiger partial charge in [0.25, 0.3) is 11.1 Å². The Hall–Kier alpha value is -2.21. The van der Waals surface area contributed by atoms with Crippen molar-refractivity contribution in [2.75, 3.05) is 0 Å². The molecule has 2 rings (SSSR count). The lowest BCUT2D eigenvalue weighted by Gasteiger charge is -2.10. The highest BCUT2D eigenvalue weighted by molar-refractivity contribution is 5.26. The predicted molar refractivity (Wildman–Crippen MR) is 74.2 cm³/mol. The van der Waals surface area contributed by atoms with Crippen LogP contribution in [0.2, 0.25) is 0 Å². The Balaban J connectivity index is 2.51.